The van der Waals surface area contributed by atoms with Crippen LogP contribution in [-0.4, -0.2) is 35.8 Å². The molecule has 0 aliphatic carbocycles. The van der Waals surface area contributed by atoms with Gasteiger partial charge in [-0.3, -0.25) is 4.21 Å². The first kappa shape index (κ1) is 18.2. The summed E-state index contributed by atoms with van der Waals surface area (Å²) < 4.78 is 23.1. The van der Waals surface area contributed by atoms with Crippen molar-refractivity contribution in [3.8, 4) is 11.5 Å². The maximum Gasteiger partial charge on any atom is 0.163 e. The fourth-order valence-electron chi connectivity index (χ4n) is 1.82. The van der Waals surface area contributed by atoms with Gasteiger partial charge < -0.3 is 14.3 Å². The Balaban J connectivity index is 2.63. The summed E-state index contributed by atoms with van der Waals surface area (Å²) in [7, 11) is 0.305. The Bertz CT molecular complexity index is 532. The second kappa shape index (κ2) is 10.00. The van der Waals surface area contributed by atoms with Gasteiger partial charge in [0, 0.05) is 0 Å². The highest BCUT2D eigenvalue weighted by molar-refractivity contribution is 7.85. The van der Waals surface area contributed by atoms with Crippen molar-refractivity contribution in [1.82, 2.24) is 0 Å². The fraction of sp³-hybridized carbons (Fsp3) is 0.438. The lowest BCUT2D eigenvalue weighted by Gasteiger charge is -2.13. The fourth-order valence-corrected chi connectivity index (χ4v) is 2.40. The minimum absolute atomic E-state index is 0.121. The Morgan fingerprint density at radius 3 is 2.50 bits per heavy atom. The van der Waals surface area contributed by atoms with Gasteiger partial charge in [0.05, 0.1) is 22.8 Å². The van der Waals surface area contributed by atoms with Crippen LogP contribution in [0.3, 0.4) is 0 Å². The standard InChI is InChI=1S/C16H23NO4S/c1-5-6-8-20-15-10-13(2)16(14(3)11-15)21-12-22(18)9-7-17-19-4/h5-7,10-11H,8-9,12H2,1-4H3/b6-5+,17-7+. The molecule has 1 aromatic rings. The van der Waals surface area contributed by atoms with Crippen molar-refractivity contribution in [1.29, 1.82) is 0 Å². The summed E-state index contributed by atoms with van der Waals surface area (Å²) in [5.41, 5.74) is 1.91. The molecule has 0 spiro atoms. The normalized spacial score (nSPS) is 12.7. The summed E-state index contributed by atoms with van der Waals surface area (Å²) in [6.45, 7) is 6.38. The van der Waals surface area contributed by atoms with Gasteiger partial charge in [0.25, 0.3) is 0 Å². The van der Waals surface area contributed by atoms with E-state index >= 15 is 0 Å². The quantitative estimate of drug-likeness (QED) is 0.398. The molecule has 0 saturated carbocycles. The highest BCUT2D eigenvalue weighted by Crippen LogP contribution is 2.28. The molecule has 0 radical (unpaired) electrons. The Morgan fingerprint density at radius 1 is 1.23 bits per heavy atom. The van der Waals surface area contributed by atoms with E-state index in [0.717, 1.165) is 22.6 Å². The number of allylic oxidation sites excluding steroid dienone is 1. The average molecular weight is 325 g/mol. The zero-order valence-electron chi connectivity index (χ0n) is 13.5. The molecule has 122 valence electrons. The number of benzene rings is 1. The maximum atomic E-state index is 11.8. The highest BCUT2D eigenvalue weighted by atomic mass is 32.2. The first-order chi connectivity index (χ1) is 10.6. The molecular weight excluding hydrogens is 302 g/mol. The molecule has 5 nitrogen and oxygen atoms in total. The van der Waals surface area contributed by atoms with Crippen molar-refractivity contribution < 1.29 is 18.5 Å². The number of aryl methyl sites for hydroxylation is 2. The Morgan fingerprint density at radius 2 is 1.91 bits per heavy atom. The monoisotopic (exact) mass is 325 g/mol. The summed E-state index contributed by atoms with van der Waals surface area (Å²) in [6.07, 6.45) is 5.36. The second-order valence-corrected chi connectivity index (χ2v) is 6.05. The molecule has 0 heterocycles. The van der Waals surface area contributed by atoms with Gasteiger partial charge in [-0.15, -0.1) is 0 Å². The molecule has 1 rings (SSSR count). The van der Waals surface area contributed by atoms with Crippen LogP contribution in [0, 0.1) is 13.8 Å². The molecule has 0 aromatic heterocycles. The lowest BCUT2D eigenvalue weighted by Crippen LogP contribution is -2.11. The summed E-state index contributed by atoms with van der Waals surface area (Å²) in [5.74, 6) is 1.97. The molecule has 0 aliphatic heterocycles. The molecule has 22 heavy (non-hydrogen) atoms. The molecule has 0 bridgehead atoms. The molecule has 1 atom stereocenters. The topological polar surface area (TPSA) is 57.1 Å². The van der Waals surface area contributed by atoms with E-state index in [-0.39, 0.29) is 5.94 Å². The van der Waals surface area contributed by atoms with E-state index in [1.807, 2.05) is 45.1 Å². The molecule has 0 saturated heterocycles. The maximum absolute atomic E-state index is 11.8. The third-order valence-corrected chi connectivity index (χ3v) is 3.69. The van der Waals surface area contributed by atoms with Gasteiger partial charge in [0.15, 0.2) is 5.94 Å². The molecule has 0 amide bonds. The van der Waals surface area contributed by atoms with Gasteiger partial charge >= 0.3 is 0 Å². The van der Waals surface area contributed by atoms with Crippen LogP contribution in [0.4, 0.5) is 0 Å². The first-order valence-electron chi connectivity index (χ1n) is 6.96. The zero-order valence-corrected chi connectivity index (χ0v) is 14.3. The number of oxime groups is 1. The van der Waals surface area contributed by atoms with E-state index in [0.29, 0.717) is 12.4 Å². The van der Waals surface area contributed by atoms with E-state index in [1.54, 1.807) is 0 Å². The predicted molar refractivity (Wildman–Crippen MR) is 90.2 cm³/mol. The average Bonchev–Trinajstić information content (AvgIpc) is 2.47. The summed E-state index contributed by atoms with van der Waals surface area (Å²) in [5, 5.41) is 3.55. The third kappa shape index (κ3) is 6.30. The Kier molecular flexibility index (Phi) is 8.28. The largest absolute Gasteiger partial charge is 0.490 e. The summed E-state index contributed by atoms with van der Waals surface area (Å²) in [6, 6.07) is 3.84. The van der Waals surface area contributed by atoms with Crippen molar-refractivity contribution >= 4 is 17.0 Å². The van der Waals surface area contributed by atoms with Crippen LogP contribution < -0.4 is 9.47 Å². The van der Waals surface area contributed by atoms with Gasteiger partial charge in [-0.05, 0) is 44.0 Å². The van der Waals surface area contributed by atoms with E-state index < -0.39 is 10.8 Å². The van der Waals surface area contributed by atoms with Crippen LogP contribution in [0.5, 0.6) is 11.5 Å². The van der Waals surface area contributed by atoms with Crippen molar-refractivity contribution in [3.63, 3.8) is 0 Å². The first-order valence-corrected chi connectivity index (χ1v) is 8.45. The van der Waals surface area contributed by atoms with E-state index in [9.17, 15) is 4.21 Å². The van der Waals surface area contributed by atoms with Gasteiger partial charge in [-0.1, -0.05) is 17.3 Å². The lowest BCUT2D eigenvalue weighted by molar-refractivity contribution is 0.215. The molecular formula is C16H23NO4S. The van der Waals surface area contributed by atoms with Gasteiger partial charge in [-0.25, -0.2) is 0 Å². The predicted octanol–water partition coefficient (Wildman–Crippen LogP) is 2.98. The molecule has 0 fully saturated rings. The summed E-state index contributed by atoms with van der Waals surface area (Å²) >= 11 is 0. The van der Waals surface area contributed by atoms with Gasteiger partial charge in [0.1, 0.15) is 25.2 Å². The van der Waals surface area contributed by atoms with E-state index in [4.69, 9.17) is 9.47 Å². The zero-order chi connectivity index (χ0) is 16.4. The number of nitrogens with zero attached hydrogens (tertiary/aromatic N) is 1. The van der Waals surface area contributed by atoms with E-state index in [1.165, 1.54) is 13.3 Å². The highest BCUT2D eigenvalue weighted by Gasteiger charge is 2.09. The Hall–Kier alpha value is -1.82. The van der Waals surface area contributed by atoms with Crippen LogP contribution >= 0.6 is 0 Å². The van der Waals surface area contributed by atoms with Crippen molar-refractivity contribution in [3.05, 3.63) is 35.4 Å². The van der Waals surface area contributed by atoms with Gasteiger partial charge in [-0.2, -0.15) is 0 Å². The molecule has 0 N–H and O–H groups in total. The molecule has 0 aliphatic rings. The number of rotatable bonds is 9. The SMILES string of the molecule is C/C=C/COc1cc(C)c(OCS(=O)C/C=N/OC)c(C)c1. The van der Waals surface area contributed by atoms with Crippen molar-refractivity contribution in [2.24, 2.45) is 5.16 Å². The Labute approximate surface area is 134 Å². The third-order valence-electron chi connectivity index (χ3n) is 2.79. The van der Waals surface area contributed by atoms with Crippen LogP contribution in [-0.2, 0) is 15.6 Å². The van der Waals surface area contributed by atoms with E-state index in [2.05, 4.69) is 9.99 Å². The van der Waals surface area contributed by atoms with Crippen molar-refractivity contribution in [2.75, 3.05) is 25.4 Å². The van der Waals surface area contributed by atoms with Gasteiger partial charge in [0.2, 0.25) is 0 Å². The number of ether oxygens (including phenoxy) is 2. The minimum Gasteiger partial charge on any atom is -0.490 e. The number of hydrogen-bond acceptors (Lipinski definition) is 5. The lowest BCUT2D eigenvalue weighted by atomic mass is 10.1. The smallest absolute Gasteiger partial charge is 0.163 e. The summed E-state index contributed by atoms with van der Waals surface area (Å²) in [4.78, 5) is 4.52. The molecule has 1 unspecified atom stereocenters. The second-order valence-electron chi connectivity index (χ2n) is 4.61. The minimum atomic E-state index is -1.14. The van der Waals surface area contributed by atoms with Crippen LogP contribution in [0.2, 0.25) is 0 Å². The van der Waals surface area contributed by atoms with Crippen LogP contribution in [0.25, 0.3) is 0 Å². The van der Waals surface area contributed by atoms with Crippen LogP contribution in [0.15, 0.2) is 29.4 Å². The van der Waals surface area contributed by atoms with Crippen LogP contribution in [0.1, 0.15) is 18.1 Å². The number of hydrogen-bond donors (Lipinski definition) is 0. The molecule has 1 aromatic carbocycles. The molecule has 6 heteroatoms. The van der Waals surface area contributed by atoms with Crippen molar-refractivity contribution in [2.45, 2.75) is 20.8 Å².